The molecule has 2 heterocycles. The lowest BCUT2D eigenvalue weighted by Gasteiger charge is -2.36. The lowest BCUT2D eigenvalue weighted by atomic mass is 10.1. The molecule has 0 saturated carbocycles. The Labute approximate surface area is 127 Å². The maximum Gasteiger partial charge on any atom is 0.413 e. The van der Waals surface area contributed by atoms with Crippen molar-refractivity contribution in [1.82, 2.24) is 4.90 Å². The molecule has 6 nitrogen and oxygen atoms in total. The summed E-state index contributed by atoms with van der Waals surface area (Å²) in [4.78, 5) is 19.4. The molecule has 0 spiro atoms. The van der Waals surface area contributed by atoms with Crippen LogP contribution in [0.3, 0.4) is 0 Å². The van der Waals surface area contributed by atoms with E-state index in [9.17, 15) is 4.79 Å². The van der Waals surface area contributed by atoms with Crippen molar-refractivity contribution in [2.45, 2.75) is 64.5 Å². The molecule has 0 aromatic rings. The van der Waals surface area contributed by atoms with Crippen LogP contribution in [0.2, 0.25) is 0 Å². The zero-order valence-corrected chi connectivity index (χ0v) is 14.1. The molecule has 2 aliphatic heterocycles. The fourth-order valence-corrected chi connectivity index (χ4v) is 2.75. The molecule has 0 aliphatic carbocycles. The average Bonchev–Trinajstić information content (AvgIpc) is 2.79. The molecule has 1 saturated heterocycles. The van der Waals surface area contributed by atoms with E-state index in [1.165, 1.54) is 0 Å². The van der Waals surface area contributed by atoms with Gasteiger partial charge in [-0.2, -0.15) is 0 Å². The van der Waals surface area contributed by atoms with Crippen LogP contribution in [0, 0.1) is 0 Å². The van der Waals surface area contributed by atoms with Gasteiger partial charge in [0.25, 0.3) is 0 Å². The third kappa shape index (κ3) is 3.25. The topological polar surface area (TPSA) is 60.4 Å². The Morgan fingerprint density at radius 2 is 2.15 bits per heavy atom. The largest absolute Gasteiger partial charge is 0.444 e. The summed E-state index contributed by atoms with van der Waals surface area (Å²) < 4.78 is 12.0. The quantitative estimate of drug-likeness (QED) is 0.730. The van der Waals surface area contributed by atoms with Crippen molar-refractivity contribution in [2.75, 3.05) is 6.61 Å². The average molecular weight is 349 g/mol. The molecule has 1 fully saturated rings. The van der Waals surface area contributed by atoms with Gasteiger partial charge in [-0.05, 0) is 50.5 Å². The number of nitrogens with zero attached hydrogens (tertiary/aromatic N) is 2. The Balaban J connectivity index is 2.14. The Morgan fingerprint density at radius 1 is 1.50 bits per heavy atom. The van der Waals surface area contributed by atoms with E-state index in [4.69, 9.17) is 14.3 Å². The summed E-state index contributed by atoms with van der Waals surface area (Å²) in [7, 11) is 0. The smallest absolute Gasteiger partial charge is 0.413 e. The summed E-state index contributed by atoms with van der Waals surface area (Å²) >= 11 is 3.31. The molecule has 0 aromatic carbocycles. The van der Waals surface area contributed by atoms with E-state index in [1.807, 2.05) is 34.6 Å². The number of hydrogen-bond donors (Lipinski definition) is 0. The molecular formula is C13H21BrN2O4. The molecule has 0 aromatic heterocycles. The lowest BCUT2D eigenvalue weighted by Crippen LogP contribution is -2.53. The predicted octanol–water partition coefficient (Wildman–Crippen LogP) is 2.86. The van der Waals surface area contributed by atoms with Crippen molar-refractivity contribution in [3.8, 4) is 0 Å². The van der Waals surface area contributed by atoms with Gasteiger partial charge in [0, 0.05) is 6.42 Å². The highest BCUT2D eigenvalue weighted by molar-refractivity contribution is 9.18. The number of carbonyl (C=O) groups excluding carboxylic acids is 1. The van der Waals surface area contributed by atoms with Crippen LogP contribution in [0.5, 0.6) is 0 Å². The maximum absolute atomic E-state index is 12.4. The minimum absolute atomic E-state index is 0.210. The summed E-state index contributed by atoms with van der Waals surface area (Å²) in [6.45, 7) is 9.64. The molecule has 0 bridgehead atoms. The first-order valence-electron chi connectivity index (χ1n) is 6.64. The van der Waals surface area contributed by atoms with E-state index in [0.29, 0.717) is 13.0 Å². The molecule has 1 amide bonds. The second-order valence-electron chi connectivity index (χ2n) is 6.49. The van der Waals surface area contributed by atoms with Gasteiger partial charge in [0.15, 0.2) is 6.10 Å². The highest BCUT2D eigenvalue weighted by Crippen LogP contribution is 2.34. The van der Waals surface area contributed by atoms with Gasteiger partial charge in [0.05, 0.1) is 6.61 Å². The van der Waals surface area contributed by atoms with Gasteiger partial charge in [-0.25, -0.2) is 4.79 Å². The number of amides is 1. The summed E-state index contributed by atoms with van der Waals surface area (Å²) in [5, 5.41) is 3.88. The third-order valence-electron chi connectivity index (χ3n) is 3.20. The van der Waals surface area contributed by atoms with Crippen LogP contribution >= 0.6 is 15.9 Å². The van der Waals surface area contributed by atoms with Gasteiger partial charge in [0.2, 0.25) is 0 Å². The van der Waals surface area contributed by atoms with Gasteiger partial charge in [-0.3, -0.25) is 4.90 Å². The van der Waals surface area contributed by atoms with Crippen molar-refractivity contribution in [1.29, 1.82) is 0 Å². The Kier molecular flexibility index (Phi) is 4.03. The highest BCUT2D eigenvalue weighted by Gasteiger charge is 2.50. The van der Waals surface area contributed by atoms with E-state index in [2.05, 4.69) is 21.1 Å². The summed E-state index contributed by atoms with van der Waals surface area (Å²) in [6, 6.07) is -0.210. The standard InChI is InChI=1S/C13H21BrN2O4/c1-12(2,3)19-11(17)16-8(7-18-13(16,4)5)9-6-10(14)15-20-9/h8-9H,6-7H2,1-5H3/t8-,9?/m1/s1. The van der Waals surface area contributed by atoms with Crippen LogP contribution in [0.4, 0.5) is 4.79 Å². The molecule has 0 radical (unpaired) electrons. The first kappa shape index (κ1) is 15.6. The van der Waals surface area contributed by atoms with Crippen LogP contribution in [-0.4, -0.2) is 45.7 Å². The van der Waals surface area contributed by atoms with Crippen molar-refractivity contribution >= 4 is 26.6 Å². The monoisotopic (exact) mass is 348 g/mol. The molecule has 20 heavy (non-hydrogen) atoms. The van der Waals surface area contributed by atoms with Crippen molar-refractivity contribution in [2.24, 2.45) is 5.16 Å². The van der Waals surface area contributed by atoms with Gasteiger partial charge >= 0.3 is 6.09 Å². The van der Waals surface area contributed by atoms with Crippen LogP contribution < -0.4 is 0 Å². The summed E-state index contributed by atoms with van der Waals surface area (Å²) in [5.41, 5.74) is -1.26. The fraction of sp³-hybridized carbons (Fsp3) is 0.846. The molecule has 7 heteroatoms. The Morgan fingerprint density at radius 3 is 2.65 bits per heavy atom. The van der Waals surface area contributed by atoms with Gasteiger partial charge < -0.3 is 14.3 Å². The van der Waals surface area contributed by atoms with Gasteiger partial charge in [-0.15, -0.1) is 0 Å². The summed E-state index contributed by atoms with van der Waals surface area (Å²) in [5.74, 6) is 0. The Bertz CT molecular complexity index is 431. The molecule has 114 valence electrons. The number of halogens is 1. The molecule has 2 atom stereocenters. The minimum atomic E-state index is -0.717. The second-order valence-corrected chi connectivity index (χ2v) is 7.41. The minimum Gasteiger partial charge on any atom is -0.444 e. The van der Waals surface area contributed by atoms with E-state index in [1.54, 1.807) is 4.90 Å². The van der Waals surface area contributed by atoms with Crippen LogP contribution in [0.1, 0.15) is 41.0 Å². The summed E-state index contributed by atoms with van der Waals surface area (Å²) in [6.07, 6.45) is 0.0268. The molecular weight excluding hydrogens is 328 g/mol. The molecule has 0 N–H and O–H groups in total. The fourth-order valence-electron chi connectivity index (χ4n) is 2.34. The van der Waals surface area contributed by atoms with Crippen LogP contribution in [0.15, 0.2) is 5.16 Å². The van der Waals surface area contributed by atoms with Crippen molar-refractivity contribution < 1.29 is 19.1 Å². The normalized spacial score (nSPS) is 29.1. The SMILES string of the molecule is CC(C)(C)OC(=O)N1[C@@H](C2CC(Br)=NO2)COC1(C)C. The Hall–Kier alpha value is -0.820. The van der Waals surface area contributed by atoms with Crippen molar-refractivity contribution in [3.05, 3.63) is 0 Å². The maximum atomic E-state index is 12.4. The first-order valence-corrected chi connectivity index (χ1v) is 7.44. The zero-order chi connectivity index (χ0) is 15.1. The van der Waals surface area contributed by atoms with Gasteiger partial charge in [0.1, 0.15) is 22.0 Å². The first-order chi connectivity index (χ1) is 9.10. The molecule has 2 aliphatic rings. The number of ether oxygens (including phenoxy) is 2. The van der Waals surface area contributed by atoms with Gasteiger partial charge in [-0.1, -0.05) is 5.16 Å². The predicted molar refractivity (Wildman–Crippen MR) is 77.7 cm³/mol. The number of rotatable bonds is 1. The number of oxime groups is 1. The number of hydrogen-bond acceptors (Lipinski definition) is 5. The van der Waals surface area contributed by atoms with Crippen LogP contribution in [0.25, 0.3) is 0 Å². The third-order valence-corrected chi connectivity index (χ3v) is 3.66. The zero-order valence-electron chi connectivity index (χ0n) is 12.5. The highest BCUT2D eigenvalue weighted by atomic mass is 79.9. The van der Waals surface area contributed by atoms with E-state index >= 15 is 0 Å². The molecule has 1 unspecified atom stereocenters. The van der Waals surface area contributed by atoms with E-state index in [-0.39, 0.29) is 12.1 Å². The second kappa shape index (κ2) is 5.18. The molecule has 2 rings (SSSR count). The van der Waals surface area contributed by atoms with Crippen LogP contribution in [-0.2, 0) is 14.3 Å². The number of carbonyl (C=O) groups is 1. The van der Waals surface area contributed by atoms with E-state index in [0.717, 1.165) is 4.62 Å². The lowest BCUT2D eigenvalue weighted by molar-refractivity contribution is -0.0700. The van der Waals surface area contributed by atoms with E-state index < -0.39 is 17.4 Å². The van der Waals surface area contributed by atoms with Crippen molar-refractivity contribution in [3.63, 3.8) is 0 Å².